The number of nitrogen functional groups attached to an aromatic ring is 1. The van der Waals surface area contributed by atoms with E-state index < -0.39 is 20.7 Å². The summed E-state index contributed by atoms with van der Waals surface area (Å²) in [5, 5.41) is 0. The molecule has 0 saturated carbocycles. The number of benzene rings is 2. The van der Waals surface area contributed by atoms with E-state index in [1.807, 2.05) is 31.2 Å². The van der Waals surface area contributed by atoms with Crippen LogP contribution in [0.4, 0.5) is 10.1 Å². The van der Waals surface area contributed by atoms with Gasteiger partial charge in [0.25, 0.3) is 0 Å². The second-order valence-electron chi connectivity index (χ2n) is 4.96. The van der Waals surface area contributed by atoms with E-state index in [4.69, 9.17) is 5.73 Å². The fraction of sp³-hybridized carbons (Fsp3) is 0.200. The lowest BCUT2D eigenvalue weighted by Gasteiger charge is -2.10. The van der Waals surface area contributed by atoms with Crippen LogP contribution in [0.1, 0.15) is 16.7 Å². The minimum Gasteiger partial charge on any atom is -0.399 e. The molecule has 0 radical (unpaired) electrons. The van der Waals surface area contributed by atoms with Crippen LogP contribution >= 0.6 is 0 Å². The van der Waals surface area contributed by atoms with Crippen molar-refractivity contribution in [1.29, 1.82) is 0 Å². The standard InChI is InChI=1S/C15H17FN2O2S/c1-10-3-5-12(6-4-10)9-18-21(19,20)14-8-13(17)7-11(2)15(14)16/h3-8,18H,9,17H2,1-2H3. The van der Waals surface area contributed by atoms with Crippen LogP contribution in [0.25, 0.3) is 0 Å². The Morgan fingerprint density at radius 3 is 2.38 bits per heavy atom. The van der Waals surface area contributed by atoms with Crippen LogP contribution < -0.4 is 10.5 Å². The normalized spacial score (nSPS) is 11.6. The maximum absolute atomic E-state index is 14.0. The molecule has 0 saturated heterocycles. The third kappa shape index (κ3) is 3.59. The number of rotatable bonds is 4. The minimum absolute atomic E-state index is 0.0932. The second kappa shape index (κ2) is 5.83. The van der Waals surface area contributed by atoms with Gasteiger partial charge in [-0.2, -0.15) is 0 Å². The van der Waals surface area contributed by atoms with Gasteiger partial charge in [-0.05, 0) is 37.1 Å². The summed E-state index contributed by atoms with van der Waals surface area (Å²) in [5.74, 6) is -0.777. The van der Waals surface area contributed by atoms with Crippen molar-refractivity contribution < 1.29 is 12.8 Å². The lowest BCUT2D eigenvalue weighted by atomic mass is 10.2. The largest absolute Gasteiger partial charge is 0.399 e. The molecule has 0 heterocycles. The van der Waals surface area contributed by atoms with Gasteiger partial charge in [0, 0.05) is 12.2 Å². The number of aryl methyl sites for hydroxylation is 2. The molecule has 21 heavy (non-hydrogen) atoms. The maximum atomic E-state index is 14.0. The molecule has 0 atom stereocenters. The monoisotopic (exact) mass is 308 g/mol. The molecular formula is C15H17FN2O2S. The highest BCUT2D eigenvalue weighted by atomic mass is 32.2. The van der Waals surface area contributed by atoms with Crippen molar-refractivity contribution in [2.75, 3.05) is 5.73 Å². The summed E-state index contributed by atoms with van der Waals surface area (Å²) in [6, 6.07) is 9.93. The number of hydrogen-bond donors (Lipinski definition) is 2. The number of sulfonamides is 1. The van der Waals surface area contributed by atoms with Crippen molar-refractivity contribution in [3.8, 4) is 0 Å². The highest BCUT2D eigenvalue weighted by Crippen LogP contribution is 2.21. The number of nitrogens with two attached hydrogens (primary N) is 1. The van der Waals surface area contributed by atoms with Crippen molar-refractivity contribution in [2.24, 2.45) is 0 Å². The van der Waals surface area contributed by atoms with Crippen LogP contribution in [-0.2, 0) is 16.6 Å². The Morgan fingerprint density at radius 2 is 1.76 bits per heavy atom. The summed E-state index contributed by atoms with van der Waals surface area (Å²) >= 11 is 0. The lowest BCUT2D eigenvalue weighted by molar-refractivity contribution is 0.553. The third-order valence-electron chi connectivity index (χ3n) is 3.12. The quantitative estimate of drug-likeness (QED) is 0.852. The van der Waals surface area contributed by atoms with E-state index >= 15 is 0 Å². The van der Waals surface area contributed by atoms with Crippen LogP contribution in [0, 0.1) is 19.7 Å². The lowest BCUT2D eigenvalue weighted by Crippen LogP contribution is -2.24. The molecule has 0 aliphatic heterocycles. The Labute approximate surface area is 123 Å². The molecule has 2 aromatic carbocycles. The zero-order valence-corrected chi connectivity index (χ0v) is 12.7. The molecule has 0 amide bonds. The molecule has 4 nitrogen and oxygen atoms in total. The van der Waals surface area contributed by atoms with Gasteiger partial charge in [-0.25, -0.2) is 17.5 Å². The van der Waals surface area contributed by atoms with E-state index in [2.05, 4.69) is 4.72 Å². The second-order valence-corrected chi connectivity index (χ2v) is 6.70. The number of hydrogen-bond acceptors (Lipinski definition) is 3. The number of halogens is 1. The molecule has 0 fully saturated rings. The molecule has 0 aliphatic carbocycles. The van der Waals surface area contributed by atoms with Crippen molar-refractivity contribution in [2.45, 2.75) is 25.3 Å². The Kier molecular flexibility index (Phi) is 4.29. The van der Waals surface area contributed by atoms with Gasteiger partial charge in [0.2, 0.25) is 10.0 Å². The molecule has 112 valence electrons. The van der Waals surface area contributed by atoms with Gasteiger partial charge in [-0.15, -0.1) is 0 Å². The number of anilines is 1. The molecule has 0 bridgehead atoms. The van der Waals surface area contributed by atoms with Crippen molar-refractivity contribution >= 4 is 15.7 Å². The van der Waals surface area contributed by atoms with Gasteiger partial charge >= 0.3 is 0 Å². The zero-order chi connectivity index (χ0) is 15.6. The zero-order valence-electron chi connectivity index (χ0n) is 11.9. The molecule has 2 aromatic rings. The maximum Gasteiger partial charge on any atom is 0.243 e. The summed E-state index contributed by atoms with van der Waals surface area (Å²) in [5.41, 5.74) is 7.88. The van der Waals surface area contributed by atoms with E-state index in [1.165, 1.54) is 13.0 Å². The Bertz CT molecular complexity index is 756. The van der Waals surface area contributed by atoms with Gasteiger partial charge in [-0.1, -0.05) is 29.8 Å². The van der Waals surface area contributed by atoms with Crippen LogP contribution in [0.3, 0.4) is 0 Å². The summed E-state index contributed by atoms with van der Waals surface area (Å²) in [4.78, 5) is -0.424. The van der Waals surface area contributed by atoms with E-state index in [1.54, 1.807) is 0 Å². The predicted molar refractivity (Wildman–Crippen MR) is 80.8 cm³/mol. The average molecular weight is 308 g/mol. The van der Waals surface area contributed by atoms with Gasteiger partial charge in [0.15, 0.2) is 0 Å². The first-order chi connectivity index (χ1) is 9.79. The third-order valence-corrected chi connectivity index (χ3v) is 4.52. The average Bonchev–Trinajstić information content (AvgIpc) is 2.42. The topological polar surface area (TPSA) is 72.2 Å². The fourth-order valence-electron chi connectivity index (χ4n) is 1.92. The first kappa shape index (κ1) is 15.5. The molecule has 0 aromatic heterocycles. The fourth-order valence-corrected chi connectivity index (χ4v) is 3.12. The number of nitrogens with one attached hydrogen (secondary N) is 1. The van der Waals surface area contributed by atoms with E-state index in [9.17, 15) is 12.8 Å². The molecule has 0 aliphatic rings. The smallest absolute Gasteiger partial charge is 0.243 e. The van der Waals surface area contributed by atoms with Crippen LogP contribution in [0.2, 0.25) is 0 Å². The Hall–Kier alpha value is -1.92. The Morgan fingerprint density at radius 1 is 1.14 bits per heavy atom. The van der Waals surface area contributed by atoms with Crippen molar-refractivity contribution in [3.63, 3.8) is 0 Å². The minimum atomic E-state index is -3.95. The van der Waals surface area contributed by atoms with Crippen LogP contribution in [-0.4, -0.2) is 8.42 Å². The highest BCUT2D eigenvalue weighted by Gasteiger charge is 2.20. The predicted octanol–water partition coefficient (Wildman–Crippen LogP) is 2.50. The van der Waals surface area contributed by atoms with Gasteiger partial charge < -0.3 is 5.73 Å². The van der Waals surface area contributed by atoms with Gasteiger partial charge in [0.1, 0.15) is 10.7 Å². The highest BCUT2D eigenvalue weighted by molar-refractivity contribution is 7.89. The molecule has 0 unspecified atom stereocenters. The Balaban J connectivity index is 2.25. The summed E-state index contributed by atoms with van der Waals surface area (Å²) < 4.78 is 40.7. The molecule has 0 spiro atoms. The van der Waals surface area contributed by atoms with Crippen LogP contribution in [0.15, 0.2) is 41.3 Å². The van der Waals surface area contributed by atoms with Crippen molar-refractivity contribution in [1.82, 2.24) is 4.72 Å². The molecule has 2 rings (SSSR count). The first-order valence-corrected chi connectivity index (χ1v) is 7.89. The van der Waals surface area contributed by atoms with E-state index in [0.717, 1.165) is 17.2 Å². The van der Waals surface area contributed by atoms with Gasteiger partial charge in [0.05, 0.1) is 0 Å². The van der Waals surface area contributed by atoms with E-state index in [0.29, 0.717) is 0 Å². The first-order valence-electron chi connectivity index (χ1n) is 6.40. The summed E-state index contributed by atoms with van der Waals surface area (Å²) in [6.45, 7) is 3.51. The molecular weight excluding hydrogens is 291 g/mol. The molecule has 3 N–H and O–H groups in total. The molecule has 6 heteroatoms. The van der Waals surface area contributed by atoms with Crippen LogP contribution in [0.5, 0.6) is 0 Å². The summed E-state index contributed by atoms with van der Waals surface area (Å²) in [6.07, 6.45) is 0. The van der Waals surface area contributed by atoms with E-state index in [-0.39, 0.29) is 17.8 Å². The SMILES string of the molecule is Cc1ccc(CNS(=O)(=O)c2cc(N)cc(C)c2F)cc1. The van der Waals surface area contributed by atoms with Crippen molar-refractivity contribution in [3.05, 3.63) is 58.9 Å². The summed E-state index contributed by atoms with van der Waals surface area (Å²) in [7, 11) is -3.95. The van der Waals surface area contributed by atoms with Gasteiger partial charge in [-0.3, -0.25) is 0 Å².